The molecule has 0 aliphatic heterocycles. The fourth-order valence-corrected chi connectivity index (χ4v) is 10.0. The van der Waals surface area contributed by atoms with Crippen molar-refractivity contribution in [1.29, 1.82) is 0 Å². The van der Waals surface area contributed by atoms with Crippen molar-refractivity contribution in [2.45, 2.75) is 0 Å². The molecule has 290 valence electrons. The van der Waals surface area contributed by atoms with Gasteiger partial charge in [0, 0.05) is 47.6 Å². The summed E-state index contributed by atoms with van der Waals surface area (Å²) >= 11 is 1.86. The quantitative estimate of drug-likeness (QED) is 0.161. The third-order valence-corrected chi connectivity index (χ3v) is 13.0. The second-order valence-electron chi connectivity index (χ2n) is 15.5. The van der Waals surface area contributed by atoms with E-state index in [4.69, 9.17) is 19.4 Å². The van der Waals surface area contributed by atoms with Gasteiger partial charge in [0.2, 0.25) is 0 Å². The maximum Gasteiger partial charge on any atom is 0.164 e. The summed E-state index contributed by atoms with van der Waals surface area (Å²) in [5, 5.41) is 4.61. The Balaban J connectivity index is 1.01. The minimum absolute atomic E-state index is 0.581. The number of fused-ring (bicyclic) bond motifs is 6. The van der Waals surface area contributed by atoms with Crippen LogP contribution in [0.3, 0.4) is 0 Å². The van der Waals surface area contributed by atoms with Crippen LogP contribution in [0.2, 0.25) is 0 Å². The fraction of sp³-hybridized carbons (Fsp3) is 0. The molecule has 0 aliphatic rings. The average molecular weight is 810 g/mol. The highest BCUT2D eigenvalue weighted by atomic mass is 32.1. The lowest BCUT2D eigenvalue weighted by Crippen LogP contribution is -2.00. The van der Waals surface area contributed by atoms with Crippen molar-refractivity contribution in [3.05, 3.63) is 212 Å². The lowest BCUT2D eigenvalue weighted by molar-refractivity contribution is 0.669. The summed E-state index contributed by atoms with van der Waals surface area (Å²) in [5.74, 6) is 1.77. The van der Waals surface area contributed by atoms with E-state index in [0.717, 1.165) is 72.0 Å². The number of nitrogens with zero attached hydrogens (tertiary/aromatic N) is 3. The molecule has 5 heteroatoms. The third-order valence-electron chi connectivity index (χ3n) is 11.8. The molecule has 0 saturated heterocycles. The first kappa shape index (κ1) is 35.9. The van der Waals surface area contributed by atoms with E-state index in [2.05, 4.69) is 182 Å². The van der Waals surface area contributed by atoms with E-state index in [0.29, 0.717) is 17.5 Å². The van der Waals surface area contributed by atoms with E-state index in [1.54, 1.807) is 0 Å². The molecule has 0 spiro atoms. The maximum absolute atomic E-state index is 6.54. The zero-order chi connectivity index (χ0) is 41.0. The second kappa shape index (κ2) is 14.9. The summed E-state index contributed by atoms with van der Waals surface area (Å²) < 4.78 is 9.14. The molecule has 3 heterocycles. The standard InChI is InChI=1S/C57H35N3OS/c1-3-14-36(15-4-1)37-30-32-39(33-31-37)55-58-56(60-57(59-55)48-26-13-28-50-53(48)52-44(23-12-27-49(52)61-50)38-16-5-2-6-17-38)43-21-10-19-41(35-43)40-18-9-20-42(34-40)45-24-11-25-47-46-22-7-8-29-51(46)62-54(45)47/h1-35H. The molecule has 12 rings (SSSR count). The van der Waals surface area contributed by atoms with Crippen LogP contribution in [0.5, 0.6) is 0 Å². The minimum atomic E-state index is 0.581. The molecule has 0 saturated carbocycles. The van der Waals surface area contributed by atoms with Gasteiger partial charge < -0.3 is 4.42 Å². The molecule has 3 aromatic heterocycles. The summed E-state index contributed by atoms with van der Waals surface area (Å²) in [6, 6.07) is 74.5. The van der Waals surface area contributed by atoms with E-state index < -0.39 is 0 Å². The normalized spacial score (nSPS) is 11.5. The van der Waals surface area contributed by atoms with Crippen molar-refractivity contribution < 1.29 is 4.42 Å². The van der Waals surface area contributed by atoms with Crippen molar-refractivity contribution in [3.8, 4) is 78.7 Å². The predicted molar refractivity (Wildman–Crippen MR) is 258 cm³/mol. The van der Waals surface area contributed by atoms with E-state index in [-0.39, 0.29) is 0 Å². The van der Waals surface area contributed by atoms with Crippen LogP contribution < -0.4 is 0 Å². The maximum atomic E-state index is 6.54. The molecule has 0 atom stereocenters. The van der Waals surface area contributed by atoms with E-state index in [9.17, 15) is 0 Å². The first-order valence-corrected chi connectivity index (χ1v) is 21.6. The Kier molecular flexibility index (Phi) is 8.65. The zero-order valence-electron chi connectivity index (χ0n) is 33.4. The van der Waals surface area contributed by atoms with Crippen LogP contribution in [0.1, 0.15) is 0 Å². The van der Waals surface area contributed by atoms with Crippen LogP contribution in [0.15, 0.2) is 217 Å². The molecular weight excluding hydrogens is 775 g/mol. The molecule has 0 fully saturated rings. The van der Waals surface area contributed by atoms with Crippen LogP contribution >= 0.6 is 11.3 Å². The Bertz CT molecular complexity index is 3630. The fourth-order valence-electron chi connectivity index (χ4n) is 8.79. The van der Waals surface area contributed by atoms with Gasteiger partial charge in [0.05, 0.1) is 0 Å². The van der Waals surface area contributed by atoms with Gasteiger partial charge in [-0.05, 0) is 74.8 Å². The predicted octanol–water partition coefficient (Wildman–Crippen LogP) is 15.8. The Labute approximate surface area is 362 Å². The smallest absolute Gasteiger partial charge is 0.164 e. The number of hydrogen-bond acceptors (Lipinski definition) is 5. The van der Waals surface area contributed by atoms with Crippen LogP contribution in [0, 0.1) is 0 Å². The van der Waals surface area contributed by atoms with Crippen molar-refractivity contribution in [2.75, 3.05) is 0 Å². The average Bonchev–Trinajstić information content (AvgIpc) is 3.94. The van der Waals surface area contributed by atoms with Crippen LogP contribution in [-0.4, -0.2) is 15.0 Å². The van der Waals surface area contributed by atoms with Gasteiger partial charge in [0.25, 0.3) is 0 Å². The number of hydrogen-bond donors (Lipinski definition) is 0. The van der Waals surface area contributed by atoms with Crippen molar-refractivity contribution >= 4 is 53.4 Å². The summed E-state index contributed by atoms with van der Waals surface area (Å²) in [7, 11) is 0. The Morgan fingerprint density at radius 3 is 1.55 bits per heavy atom. The number of benzene rings is 9. The van der Waals surface area contributed by atoms with E-state index >= 15 is 0 Å². The van der Waals surface area contributed by atoms with Gasteiger partial charge in [-0.1, -0.05) is 182 Å². The number of rotatable bonds is 7. The van der Waals surface area contributed by atoms with Crippen molar-refractivity contribution in [3.63, 3.8) is 0 Å². The SMILES string of the molecule is c1ccc(-c2ccc(-c3nc(-c4cccc(-c5cccc(-c6cccc7c6sc6ccccc67)c5)c4)nc(-c4cccc5oc6cccc(-c7ccccc7)c6c45)n3)cc2)cc1. The molecule has 62 heavy (non-hydrogen) atoms. The molecule has 0 unspecified atom stereocenters. The topological polar surface area (TPSA) is 51.8 Å². The van der Waals surface area contributed by atoms with Crippen molar-refractivity contribution in [1.82, 2.24) is 15.0 Å². The molecule has 0 amide bonds. The molecular formula is C57H35N3OS. The summed E-state index contributed by atoms with van der Waals surface area (Å²) in [5.41, 5.74) is 13.4. The lowest BCUT2D eigenvalue weighted by atomic mass is 9.96. The van der Waals surface area contributed by atoms with Gasteiger partial charge in [-0.2, -0.15) is 0 Å². The summed E-state index contributed by atoms with van der Waals surface area (Å²) in [6.07, 6.45) is 0. The molecule has 0 N–H and O–H groups in total. The van der Waals surface area contributed by atoms with E-state index in [1.807, 2.05) is 41.7 Å². The molecule has 0 aliphatic carbocycles. The van der Waals surface area contributed by atoms with Gasteiger partial charge in [0.1, 0.15) is 11.2 Å². The van der Waals surface area contributed by atoms with Gasteiger partial charge >= 0.3 is 0 Å². The minimum Gasteiger partial charge on any atom is -0.456 e. The van der Waals surface area contributed by atoms with Crippen molar-refractivity contribution in [2.24, 2.45) is 0 Å². The first-order chi connectivity index (χ1) is 30.7. The molecule has 12 aromatic rings. The first-order valence-electron chi connectivity index (χ1n) is 20.8. The highest BCUT2D eigenvalue weighted by molar-refractivity contribution is 7.26. The zero-order valence-corrected chi connectivity index (χ0v) is 34.2. The molecule has 4 nitrogen and oxygen atoms in total. The Morgan fingerprint density at radius 1 is 0.306 bits per heavy atom. The molecule has 0 bridgehead atoms. The van der Waals surface area contributed by atoms with Crippen LogP contribution in [-0.2, 0) is 0 Å². The highest BCUT2D eigenvalue weighted by Gasteiger charge is 2.20. The third kappa shape index (κ3) is 6.26. The van der Waals surface area contributed by atoms with Gasteiger partial charge in [-0.25, -0.2) is 15.0 Å². The number of aromatic nitrogens is 3. The Morgan fingerprint density at radius 2 is 0.790 bits per heavy atom. The van der Waals surface area contributed by atoms with Gasteiger partial charge in [0.15, 0.2) is 17.5 Å². The highest BCUT2D eigenvalue weighted by Crippen LogP contribution is 2.43. The largest absolute Gasteiger partial charge is 0.456 e. The Hall–Kier alpha value is -7.99. The van der Waals surface area contributed by atoms with Crippen LogP contribution in [0.4, 0.5) is 0 Å². The van der Waals surface area contributed by atoms with Gasteiger partial charge in [-0.15, -0.1) is 11.3 Å². The second-order valence-corrected chi connectivity index (χ2v) is 16.6. The van der Waals surface area contributed by atoms with Crippen LogP contribution in [0.25, 0.3) is 121 Å². The number of furan rings is 1. The van der Waals surface area contributed by atoms with Gasteiger partial charge in [-0.3, -0.25) is 0 Å². The summed E-state index contributed by atoms with van der Waals surface area (Å²) in [6.45, 7) is 0. The molecule has 9 aromatic carbocycles. The molecule has 0 radical (unpaired) electrons. The number of thiophene rings is 1. The monoisotopic (exact) mass is 809 g/mol. The van der Waals surface area contributed by atoms with E-state index in [1.165, 1.54) is 31.3 Å². The summed E-state index contributed by atoms with van der Waals surface area (Å²) in [4.78, 5) is 15.7. The lowest BCUT2D eigenvalue weighted by Gasteiger charge is -2.12.